The molecule has 1 atom stereocenters. The summed E-state index contributed by atoms with van der Waals surface area (Å²) < 4.78 is 0. The standard InChI is InChI=1S/C30H56/c1-3-5-7-11-25-14-16-26(17-15-25)18-19-27-20-22-29(23-21-27)30(10-4-2)24-28-12-8-6-9-13-28/h25-30H,3-24H2,1-2H3. The second kappa shape index (κ2) is 14.2. The SMILES string of the molecule is CCCCCC1CCC(CCC2CCC(C(CCC)CC3CCCCC3)CC2)CC1. The van der Waals surface area contributed by atoms with Crippen molar-refractivity contribution in [2.24, 2.45) is 35.5 Å². The lowest BCUT2D eigenvalue weighted by atomic mass is 9.69. The van der Waals surface area contributed by atoms with E-state index >= 15 is 0 Å². The van der Waals surface area contributed by atoms with Gasteiger partial charge in [0.25, 0.3) is 0 Å². The molecule has 3 saturated carbocycles. The average Bonchev–Trinajstić information content (AvgIpc) is 2.79. The van der Waals surface area contributed by atoms with Gasteiger partial charge in [0.2, 0.25) is 0 Å². The normalized spacial score (nSPS) is 32.2. The zero-order valence-corrected chi connectivity index (χ0v) is 21.0. The Bertz CT molecular complexity index is 404. The molecule has 0 spiro atoms. The molecule has 0 N–H and O–H groups in total. The van der Waals surface area contributed by atoms with E-state index < -0.39 is 0 Å². The molecule has 0 aromatic rings. The summed E-state index contributed by atoms with van der Waals surface area (Å²) in [5.41, 5.74) is 0. The maximum absolute atomic E-state index is 2.43. The van der Waals surface area contributed by atoms with Crippen molar-refractivity contribution >= 4 is 0 Å². The van der Waals surface area contributed by atoms with Gasteiger partial charge in [0.1, 0.15) is 0 Å². The fraction of sp³-hybridized carbons (Fsp3) is 1.00. The molecule has 0 aromatic carbocycles. The highest BCUT2D eigenvalue weighted by Crippen LogP contribution is 2.42. The molecule has 1 unspecified atom stereocenters. The van der Waals surface area contributed by atoms with Crippen molar-refractivity contribution in [1.29, 1.82) is 0 Å². The van der Waals surface area contributed by atoms with E-state index in [0.29, 0.717) is 0 Å². The van der Waals surface area contributed by atoms with Crippen LogP contribution in [0.3, 0.4) is 0 Å². The summed E-state index contributed by atoms with van der Waals surface area (Å²) in [6, 6.07) is 0. The Labute approximate surface area is 190 Å². The van der Waals surface area contributed by atoms with Crippen LogP contribution in [0.5, 0.6) is 0 Å². The highest BCUT2D eigenvalue weighted by Gasteiger charge is 2.30. The lowest BCUT2D eigenvalue weighted by Gasteiger charge is -2.37. The van der Waals surface area contributed by atoms with Crippen LogP contribution in [-0.2, 0) is 0 Å². The third-order valence-electron chi connectivity index (χ3n) is 9.74. The van der Waals surface area contributed by atoms with Crippen LogP contribution in [0.1, 0.15) is 155 Å². The van der Waals surface area contributed by atoms with Crippen LogP contribution in [0.25, 0.3) is 0 Å². The second-order valence-corrected chi connectivity index (χ2v) is 12.0. The van der Waals surface area contributed by atoms with Crippen molar-refractivity contribution in [3.05, 3.63) is 0 Å². The van der Waals surface area contributed by atoms with E-state index in [9.17, 15) is 0 Å². The molecule has 0 aromatic heterocycles. The fourth-order valence-corrected chi connectivity index (χ4v) is 7.68. The Hall–Kier alpha value is 0. The number of rotatable bonds is 12. The van der Waals surface area contributed by atoms with Crippen molar-refractivity contribution in [1.82, 2.24) is 0 Å². The van der Waals surface area contributed by atoms with Gasteiger partial charge in [-0.3, -0.25) is 0 Å². The van der Waals surface area contributed by atoms with Crippen LogP contribution in [0.2, 0.25) is 0 Å². The minimum atomic E-state index is 1.07. The van der Waals surface area contributed by atoms with Gasteiger partial charge in [-0.25, -0.2) is 0 Å². The maximum Gasteiger partial charge on any atom is -0.0383 e. The van der Waals surface area contributed by atoms with Crippen LogP contribution in [0.15, 0.2) is 0 Å². The van der Waals surface area contributed by atoms with Gasteiger partial charge in [0, 0.05) is 0 Å². The van der Waals surface area contributed by atoms with Gasteiger partial charge in [-0.1, -0.05) is 136 Å². The van der Waals surface area contributed by atoms with E-state index in [1.54, 1.807) is 83.5 Å². The van der Waals surface area contributed by atoms with Crippen LogP contribution >= 0.6 is 0 Å². The van der Waals surface area contributed by atoms with E-state index in [4.69, 9.17) is 0 Å². The monoisotopic (exact) mass is 416 g/mol. The number of hydrogen-bond donors (Lipinski definition) is 0. The minimum Gasteiger partial charge on any atom is -0.0654 e. The third kappa shape index (κ3) is 8.50. The first-order chi connectivity index (χ1) is 14.8. The quantitative estimate of drug-likeness (QED) is 0.277. The first kappa shape index (κ1) is 24.6. The minimum absolute atomic E-state index is 1.07. The van der Waals surface area contributed by atoms with Crippen molar-refractivity contribution < 1.29 is 0 Å². The highest BCUT2D eigenvalue weighted by molar-refractivity contribution is 4.82. The average molecular weight is 417 g/mol. The zero-order valence-electron chi connectivity index (χ0n) is 21.0. The number of unbranched alkanes of at least 4 members (excludes halogenated alkanes) is 2. The summed E-state index contributed by atoms with van der Waals surface area (Å²) in [6.45, 7) is 4.77. The summed E-state index contributed by atoms with van der Waals surface area (Å²) in [5, 5.41) is 0. The largest absolute Gasteiger partial charge is 0.0654 e. The maximum atomic E-state index is 2.43. The molecule has 0 heteroatoms. The smallest absolute Gasteiger partial charge is 0.0383 e. The molecule has 0 heterocycles. The van der Waals surface area contributed by atoms with Gasteiger partial charge in [0.05, 0.1) is 0 Å². The first-order valence-electron chi connectivity index (χ1n) is 14.8. The molecule has 30 heavy (non-hydrogen) atoms. The van der Waals surface area contributed by atoms with Crippen molar-refractivity contribution in [2.75, 3.05) is 0 Å². The molecule has 0 amide bonds. The molecule has 3 aliphatic carbocycles. The van der Waals surface area contributed by atoms with E-state index in [0.717, 1.165) is 35.5 Å². The Morgan fingerprint density at radius 3 is 1.67 bits per heavy atom. The van der Waals surface area contributed by atoms with E-state index in [1.165, 1.54) is 57.8 Å². The topological polar surface area (TPSA) is 0 Å². The van der Waals surface area contributed by atoms with Crippen molar-refractivity contribution in [3.8, 4) is 0 Å². The summed E-state index contributed by atoms with van der Waals surface area (Å²) in [4.78, 5) is 0. The Balaban J connectivity index is 1.30. The summed E-state index contributed by atoms with van der Waals surface area (Å²) >= 11 is 0. The predicted octanol–water partition coefficient (Wildman–Crippen LogP) is 10.3. The Kier molecular flexibility index (Phi) is 11.7. The molecule has 3 aliphatic rings. The van der Waals surface area contributed by atoms with Crippen LogP contribution in [0.4, 0.5) is 0 Å². The van der Waals surface area contributed by atoms with E-state index in [-0.39, 0.29) is 0 Å². The Morgan fingerprint density at radius 1 is 0.533 bits per heavy atom. The molecule has 0 radical (unpaired) electrons. The van der Waals surface area contributed by atoms with Crippen molar-refractivity contribution in [3.63, 3.8) is 0 Å². The molecule has 0 aliphatic heterocycles. The second-order valence-electron chi connectivity index (χ2n) is 12.0. The molecule has 0 nitrogen and oxygen atoms in total. The zero-order chi connectivity index (χ0) is 21.0. The molecule has 0 saturated heterocycles. The first-order valence-corrected chi connectivity index (χ1v) is 14.8. The van der Waals surface area contributed by atoms with Gasteiger partial charge in [-0.15, -0.1) is 0 Å². The van der Waals surface area contributed by atoms with E-state index in [2.05, 4.69) is 13.8 Å². The lowest BCUT2D eigenvalue weighted by Crippen LogP contribution is -2.25. The summed E-state index contributed by atoms with van der Waals surface area (Å²) in [5.74, 6) is 6.50. The molecule has 176 valence electrons. The van der Waals surface area contributed by atoms with E-state index in [1.807, 2.05) is 0 Å². The van der Waals surface area contributed by atoms with Gasteiger partial charge in [-0.2, -0.15) is 0 Å². The molecular formula is C30H56. The summed E-state index contributed by atoms with van der Waals surface area (Å²) in [7, 11) is 0. The molecule has 0 bridgehead atoms. The highest BCUT2D eigenvalue weighted by atomic mass is 14.4. The fourth-order valence-electron chi connectivity index (χ4n) is 7.68. The van der Waals surface area contributed by atoms with Crippen LogP contribution in [0, 0.1) is 35.5 Å². The van der Waals surface area contributed by atoms with Crippen molar-refractivity contribution in [2.45, 2.75) is 155 Å². The van der Waals surface area contributed by atoms with Gasteiger partial charge in [0.15, 0.2) is 0 Å². The third-order valence-corrected chi connectivity index (χ3v) is 9.74. The van der Waals surface area contributed by atoms with Gasteiger partial charge >= 0.3 is 0 Å². The molecule has 3 fully saturated rings. The Morgan fingerprint density at radius 2 is 1.10 bits per heavy atom. The van der Waals surface area contributed by atoms with Crippen LogP contribution in [-0.4, -0.2) is 0 Å². The lowest BCUT2D eigenvalue weighted by molar-refractivity contribution is 0.147. The predicted molar refractivity (Wildman–Crippen MR) is 134 cm³/mol. The number of hydrogen-bond acceptors (Lipinski definition) is 0. The van der Waals surface area contributed by atoms with Crippen LogP contribution < -0.4 is 0 Å². The molecular weight excluding hydrogens is 360 g/mol. The van der Waals surface area contributed by atoms with Gasteiger partial charge in [-0.05, 0) is 54.8 Å². The summed E-state index contributed by atoms with van der Waals surface area (Å²) in [6.07, 6.45) is 33.7. The molecule has 3 rings (SSSR count). The van der Waals surface area contributed by atoms with Gasteiger partial charge < -0.3 is 0 Å².